The molecule has 0 radical (unpaired) electrons. The molecule has 1 saturated carbocycles. The van der Waals surface area contributed by atoms with Gasteiger partial charge in [0.1, 0.15) is 5.75 Å². The van der Waals surface area contributed by atoms with Crippen LogP contribution in [0.3, 0.4) is 0 Å². The molecular weight excluding hydrogens is 523 g/mol. The molecule has 1 N–H and O–H groups in total. The standard InChI is InChI=1S/C22H18Cl2N2O6S2/c1-12(27)31-21-19(24)33-22(26-21)25-20(28)18(32-15-6-4-14(23)5-7-15)13-2-8-16(9-3-13)34(29,30)17-10-11-17/h2-9,17-18H,10-11H2,1H3,(H,25,26,28). The Morgan fingerprint density at radius 2 is 1.74 bits per heavy atom. The minimum absolute atomic E-state index is 0.0929. The van der Waals surface area contributed by atoms with Crippen molar-refractivity contribution in [3.05, 3.63) is 63.5 Å². The first-order valence-corrected chi connectivity index (χ1v) is 13.2. The number of sulfone groups is 1. The maximum absolute atomic E-state index is 13.2. The molecular formula is C22H18Cl2N2O6S2. The van der Waals surface area contributed by atoms with Gasteiger partial charge in [0.2, 0.25) is 6.10 Å². The number of carbonyl (C=O) groups is 2. The lowest BCUT2D eigenvalue weighted by Gasteiger charge is -2.19. The van der Waals surface area contributed by atoms with E-state index in [0.29, 0.717) is 29.2 Å². The van der Waals surface area contributed by atoms with Crippen molar-refractivity contribution < 1.29 is 27.5 Å². The van der Waals surface area contributed by atoms with Crippen LogP contribution in [0.5, 0.6) is 11.6 Å². The highest BCUT2D eigenvalue weighted by molar-refractivity contribution is 7.92. The van der Waals surface area contributed by atoms with Crippen LogP contribution in [0.1, 0.15) is 31.4 Å². The summed E-state index contributed by atoms with van der Waals surface area (Å²) in [4.78, 5) is 28.6. The molecule has 34 heavy (non-hydrogen) atoms. The van der Waals surface area contributed by atoms with Gasteiger partial charge in [0, 0.05) is 17.5 Å². The van der Waals surface area contributed by atoms with E-state index in [4.69, 9.17) is 32.7 Å². The first-order valence-electron chi connectivity index (χ1n) is 10.0. The molecule has 0 bridgehead atoms. The van der Waals surface area contributed by atoms with Gasteiger partial charge in [-0.15, -0.1) is 0 Å². The highest BCUT2D eigenvalue weighted by atomic mass is 35.5. The zero-order chi connectivity index (χ0) is 24.5. The highest BCUT2D eigenvalue weighted by Gasteiger charge is 2.37. The molecule has 12 heteroatoms. The van der Waals surface area contributed by atoms with E-state index < -0.39 is 27.8 Å². The molecule has 178 valence electrons. The summed E-state index contributed by atoms with van der Waals surface area (Å²) in [7, 11) is -3.37. The predicted octanol–water partition coefficient (Wildman–Crippen LogP) is 5.07. The number of esters is 1. The number of ether oxygens (including phenoxy) is 2. The fraction of sp³-hybridized carbons (Fsp3) is 0.227. The van der Waals surface area contributed by atoms with Crippen LogP contribution in [0.2, 0.25) is 9.36 Å². The topological polar surface area (TPSA) is 112 Å². The molecule has 0 aliphatic heterocycles. The van der Waals surface area contributed by atoms with Crippen molar-refractivity contribution in [3.8, 4) is 11.6 Å². The number of thiazole rings is 1. The molecule has 3 aromatic rings. The first kappa shape index (κ1) is 24.5. The highest BCUT2D eigenvalue weighted by Crippen LogP contribution is 2.36. The van der Waals surface area contributed by atoms with Gasteiger partial charge in [-0.3, -0.25) is 14.9 Å². The molecule has 4 rings (SSSR count). The number of nitrogens with zero attached hydrogens (tertiary/aromatic N) is 1. The van der Waals surface area contributed by atoms with E-state index in [0.717, 1.165) is 11.3 Å². The van der Waals surface area contributed by atoms with E-state index in [2.05, 4.69) is 10.3 Å². The molecule has 1 atom stereocenters. The molecule has 2 aromatic carbocycles. The van der Waals surface area contributed by atoms with Gasteiger partial charge >= 0.3 is 5.97 Å². The Bertz CT molecular complexity index is 1320. The van der Waals surface area contributed by atoms with Crippen molar-refractivity contribution in [1.29, 1.82) is 0 Å². The normalized spacial score (nSPS) is 14.3. The smallest absolute Gasteiger partial charge is 0.309 e. The van der Waals surface area contributed by atoms with Crippen LogP contribution in [-0.2, 0) is 19.4 Å². The van der Waals surface area contributed by atoms with Crippen LogP contribution in [0.25, 0.3) is 0 Å². The largest absolute Gasteiger partial charge is 0.476 e. The molecule has 1 amide bonds. The number of nitrogens with one attached hydrogen (secondary N) is 1. The summed E-state index contributed by atoms with van der Waals surface area (Å²) < 4.78 is 35.9. The van der Waals surface area contributed by atoms with Gasteiger partial charge in [-0.25, -0.2) is 8.42 Å². The lowest BCUT2D eigenvalue weighted by atomic mass is 10.1. The fourth-order valence-corrected chi connectivity index (χ4v) is 5.74. The number of halogens is 2. The number of carbonyl (C=O) groups excluding carboxylic acids is 2. The third-order valence-corrected chi connectivity index (χ3v) is 8.47. The van der Waals surface area contributed by atoms with Crippen molar-refractivity contribution in [2.24, 2.45) is 0 Å². The number of anilines is 1. The third kappa shape index (κ3) is 5.69. The monoisotopic (exact) mass is 540 g/mol. The maximum Gasteiger partial charge on any atom is 0.309 e. The summed E-state index contributed by atoms with van der Waals surface area (Å²) in [5.74, 6) is -0.931. The summed E-state index contributed by atoms with van der Waals surface area (Å²) in [6.45, 7) is 1.21. The Kier molecular flexibility index (Phi) is 7.13. The van der Waals surface area contributed by atoms with Gasteiger partial charge in [-0.2, -0.15) is 4.98 Å². The van der Waals surface area contributed by atoms with E-state index in [1.807, 2.05) is 0 Å². The molecule has 1 aliphatic rings. The number of rotatable bonds is 8. The van der Waals surface area contributed by atoms with Gasteiger partial charge in [-0.1, -0.05) is 46.7 Å². The SMILES string of the molecule is CC(=O)Oc1nc(NC(=O)C(Oc2ccc(Cl)cc2)c2ccc(S(=O)(=O)C3CC3)cc2)sc1Cl. The maximum atomic E-state index is 13.2. The summed E-state index contributed by atoms with van der Waals surface area (Å²) in [6.07, 6.45) is 0.153. The zero-order valence-electron chi connectivity index (χ0n) is 17.7. The van der Waals surface area contributed by atoms with E-state index in [1.54, 1.807) is 24.3 Å². The number of benzene rings is 2. The van der Waals surface area contributed by atoms with Gasteiger partial charge in [-0.05, 0) is 49.2 Å². The predicted molar refractivity (Wildman–Crippen MR) is 129 cm³/mol. The third-order valence-electron chi connectivity index (χ3n) is 4.81. The molecule has 0 saturated heterocycles. The second kappa shape index (κ2) is 9.91. The van der Waals surface area contributed by atoms with Gasteiger partial charge in [0.15, 0.2) is 19.3 Å². The Morgan fingerprint density at radius 3 is 2.32 bits per heavy atom. The number of aromatic nitrogens is 1. The molecule has 8 nitrogen and oxygen atoms in total. The molecule has 1 aromatic heterocycles. The van der Waals surface area contributed by atoms with Crippen LogP contribution >= 0.6 is 34.5 Å². The minimum Gasteiger partial charge on any atom is -0.476 e. The molecule has 1 unspecified atom stereocenters. The van der Waals surface area contributed by atoms with E-state index >= 15 is 0 Å². The molecule has 1 fully saturated rings. The quantitative estimate of drug-likeness (QED) is 0.397. The Balaban J connectivity index is 1.60. The zero-order valence-corrected chi connectivity index (χ0v) is 20.8. The van der Waals surface area contributed by atoms with Crippen LogP contribution in [0.15, 0.2) is 53.4 Å². The van der Waals surface area contributed by atoms with Crippen molar-refractivity contribution in [2.75, 3.05) is 5.32 Å². The van der Waals surface area contributed by atoms with Crippen LogP contribution in [0, 0.1) is 0 Å². The van der Waals surface area contributed by atoms with Gasteiger partial charge in [0.05, 0.1) is 10.1 Å². The minimum atomic E-state index is -3.37. The van der Waals surface area contributed by atoms with Crippen molar-refractivity contribution >= 4 is 61.4 Å². The molecule has 1 aliphatic carbocycles. The average molecular weight is 541 g/mol. The van der Waals surface area contributed by atoms with E-state index in [9.17, 15) is 18.0 Å². The van der Waals surface area contributed by atoms with E-state index in [-0.39, 0.29) is 25.5 Å². The van der Waals surface area contributed by atoms with Crippen LogP contribution < -0.4 is 14.8 Å². The van der Waals surface area contributed by atoms with Crippen molar-refractivity contribution in [2.45, 2.75) is 36.0 Å². The fourth-order valence-electron chi connectivity index (χ4n) is 3.04. The summed E-state index contributed by atoms with van der Waals surface area (Å²) in [5.41, 5.74) is 0.421. The van der Waals surface area contributed by atoms with Crippen molar-refractivity contribution in [1.82, 2.24) is 4.98 Å². The average Bonchev–Trinajstić information content (AvgIpc) is 3.59. The second-order valence-corrected chi connectivity index (χ2v) is 11.7. The Labute approximate surface area is 209 Å². The van der Waals surface area contributed by atoms with Gasteiger partial charge in [0.25, 0.3) is 11.8 Å². The first-order chi connectivity index (χ1) is 16.1. The van der Waals surface area contributed by atoms with Crippen LogP contribution in [-0.4, -0.2) is 30.5 Å². The van der Waals surface area contributed by atoms with Crippen LogP contribution in [0.4, 0.5) is 5.13 Å². The lowest BCUT2D eigenvalue weighted by molar-refractivity contribution is -0.132. The summed E-state index contributed by atoms with van der Waals surface area (Å²) in [6, 6.07) is 12.4. The Morgan fingerprint density at radius 1 is 1.09 bits per heavy atom. The molecule has 0 spiro atoms. The van der Waals surface area contributed by atoms with Gasteiger partial charge < -0.3 is 9.47 Å². The second-order valence-electron chi connectivity index (χ2n) is 7.45. The van der Waals surface area contributed by atoms with E-state index in [1.165, 1.54) is 31.2 Å². The summed E-state index contributed by atoms with van der Waals surface area (Å²) in [5, 5.41) is 2.86. The number of amides is 1. The number of hydrogen-bond acceptors (Lipinski definition) is 8. The molecule has 1 heterocycles. The van der Waals surface area contributed by atoms with Crippen molar-refractivity contribution in [3.63, 3.8) is 0 Å². The number of hydrogen-bond donors (Lipinski definition) is 1. The lowest BCUT2D eigenvalue weighted by Crippen LogP contribution is -2.25. The Hall–Kier alpha value is -2.66. The summed E-state index contributed by atoms with van der Waals surface area (Å²) >= 11 is 12.9.